The summed E-state index contributed by atoms with van der Waals surface area (Å²) in [5.74, 6) is 0. The van der Waals surface area contributed by atoms with E-state index in [0.717, 1.165) is 6.54 Å². The summed E-state index contributed by atoms with van der Waals surface area (Å²) in [6.07, 6.45) is 10.6. The second-order valence-corrected chi connectivity index (χ2v) is 5.02. The van der Waals surface area contributed by atoms with Crippen LogP contribution in [0.25, 0.3) is 6.20 Å². The lowest BCUT2D eigenvalue weighted by Crippen LogP contribution is -2.08. The number of fused-ring (bicyclic) bond motifs is 1. The fraction of sp³-hybridized carbons (Fsp3) is 0.312. The Balaban J connectivity index is 1.74. The van der Waals surface area contributed by atoms with Crippen LogP contribution in [0.4, 0.5) is 5.69 Å². The van der Waals surface area contributed by atoms with Crippen LogP contribution in [0.15, 0.2) is 37.2 Å². The van der Waals surface area contributed by atoms with Gasteiger partial charge < -0.3 is 5.32 Å². The number of rotatable bonds is 4. The lowest BCUT2D eigenvalue weighted by Gasteiger charge is -2.19. The normalized spacial score (nSPS) is 13.9. The van der Waals surface area contributed by atoms with Gasteiger partial charge in [0.1, 0.15) is 0 Å². The first-order valence-corrected chi connectivity index (χ1v) is 6.87. The Bertz CT molecular complexity index is 583. The molecule has 0 radical (unpaired) electrons. The van der Waals surface area contributed by atoms with Crippen molar-refractivity contribution < 1.29 is 0 Å². The largest absolute Gasteiger partial charge is 0.381 e. The zero-order valence-corrected chi connectivity index (χ0v) is 11.1. The van der Waals surface area contributed by atoms with E-state index in [1.807, 2.05) is 12.4 Å². The van der Waals surface area contributed by atoms with E-state index >= 15 is 0 Å². The topological polar surface area (TPSA) is 29.9 Å². The van der Waals surface area contributed by atoms with Crippen molar-refractivity contribution in [3.63, 3.8) is 0 Å². The van der Waals surface area contributed by atoms with Crippen molar-refractivity contribution in [2.24, 2.45) is 0 Å². The highest BCUT2D eigenvalue weighted by molar-refractivity contribution is 5.55. The van der Waals surface area contributed by atoms with Crippen LogP contribution in [-0.4, -0.2) is 9.78 Å². The quantitative estimate of drug-likeness (QED) is 0.904. The molecule has 3 heteroatoms. The maximum atomic E-state index is 4.19. The third-order valence-electron chi connectivity index (χ3n) is 3.72. The first-order chi connectivity index (χ1) is 9.36. The molecule has 0 fully saturated rings. The SMILES string of the molecule is C=Cn1cc(CNc2cccc3c2CCCC3)cn1. The van der Waals surface area contributed by atoms with Gasteiger partial charge in [-0.25, -0.2) is 4.68 Å². The van der Waals surface area contributed by atoms with E-state index in [2.05, 4.69) is 35.2 Å². The van der Waals surface area contributed by atoms with Crippen molar-refractivity contribution in [1.29, 1.82) is 0 Å². The highest BCUT2D eigenvalue weighted by atomic mass is 15.2. The van der Waals surface area contributed by atoms with Crippen molar-refractivity contribution in [1.82, 2.24) is 9.78 Å². The van der Waals surface area contributed by atoms with Gasteiger partial charge in [-0.05, 0) is 42.9 Å². The average molecular weight is 253 g/mol. The molecular formula is C16H19N3. The lowest BCUT2D eigenvalue weighted by molar-refractivity contribution is 0.686. The third-order valence-corrected chi connectivity index (χ3v) is 3.72. The first kappa shape index (κ1) is 12.0. The molecule has 1 aliphatic rings. The van der Waals surface area contributed by atoms with Gasteiger partial charge in [-0.15, -0.1) is 0 Å². The van der Waals surface area contributed by atoms with E-state index in [1.54, 1.807) is 10.9 Å². The second-order valence-electron chi connectivity index (χ2n) is 5.02. The Hall–Kier alpha value is -2.03. The monoisotopic (exact) mass is 253 g/mol. The van der Waals surface area contributed by atoms with Gasteiger partial charge in [0.25, 0.3) is 0 Å². The van der Waals surface area contributed by atoms with E-state index in [9.17, 15) is 0 Å². The van der Waals surface area contributed by atoms with E-state index in [4.69, 9.17) is 0 Å². The number of nitrogens with zero attached hydrogens (tertiary/aromatic N) is 2. The molecule has 0 saturated carbocycles. The molecule has 0 spiro atoms. The van der Waals surface area contributed by atoms with E-state index in [-0.39, 0.29) is 0 Å². The molecule has 0 bridgehead atoms. The minimum Gasteiger partial charge on any atom is -0.381 e. The first-order valence-electron chi connectivity index (χ1n) is 6.87. The number of aromatic nitrogens is 2. The molecule has 2 aromatic rings. The second kappa shape index (κ2) is 5.31. The summed E-state index contributed by atoms with van der Waals surface area (Å²) >= 11 is 0. The van der Waals surface area contributed by atoms with Gasteiger partial charge in [0, 0.05) is 30.2 Å². The van der Waals surface area contributed by atoms with Gasteiger partial charge >= 0.3 is 0 Å². The maximum Gasteiger partial charge on any atom is 0.0543 e. The third kappa shape index (κ3) is 2.55. The number of hydrogen-bond acceptors (Lipinski definition) is 2. The molecule has 0 amide bonds. The maximum absolute atomic E-state index is 4.19. The number of benzene rings is 1. The van der Waals surface area contributed by atoms with E-state index in [1.165, 1.54) is 48.1 Å². The fourth-order valence-corrected chi connectivity index (χ4v) is 2.71. The Morgan fingerprint density at radius 3 is 3.05 bits per heavy atom. The van der Waals surface area contributed by atoms with Crippen LogP contribution >= 0.6 is 0 Å². The Morgan fingerprint density at radius 1 is 1.32 bits per heavy atom. The van der Waals surface area contributed by atoms with Gasteiger partial charge in [-0.2, -0.15) is 5.10 Å². The molecule has 98 valence electrons. The minimum atomic E-state index is 0.810. The van der Waals surface area contributed by atoms with Gasteiger partial charge in [0.05, 0.1) is 6.20 Å². The molecule has 0 saturated heterocycles. The molecule has 3 nitrogen and oxygen atoms in total. The molecule has 0 atom stereocenters. The Labute approximate surface area is 114 Å². The van der Waals surface area contributed by atoms with Gasteiger partial charge in [0.2, 0.25) is 0 Å². The summed E-state index contributed by atoms with van der Waals surface area (Å²) < 4.78 is 1.73. The molecule has 1 aromatic carbocycles. The number of anilines is 1. The number of nitrogens with one attached hydrogen (secondary N) is 1. The summed E-state index contributed by atoms with van der Waals surface area (Å²) in [7, 11) is 0. The molecular weight excluding hydrogens is 234 g/mol. The van der Waals surface area contributed by atoms with Gasteiger partial charge in [-0.3, -0.25) is 0 Å². The van der Waals surface area contributed by atoms with Gasteiger partial charge in [0.15, 0.2) is 0 Å². The summed E-state index contributed by atoms with van der Waals surface area (Å²) in [6.45, 7) is 4.51. The van der Waals surface area contributed by atoms with Crippen LogP contribution in [0.1, 0.15) is 29.5 Å². The van der Waals surface area contributed by atoms with Crippen molar-refractivity contribution in [3.8, 4) is 0 Å². The standard InChI is InChI=1S/C16H19N3/c1-2-19-12-13(11-18-19)10-17-16-9-5-7-14-6-3-4-8-15(14)16/h2,5,7,9,11-12,17H,1,3-4,6,8,10H2. The Morgan fingerprint density at radius 2 is 2.21 bits per heavy atom. The summed E-state index contributed by atoms with van der Waals surface area (Å²) in [6, 6.07) is 6.59. The average Bonchev–Trinajstić information content (AvgIpc) is 2.93. The van der Waals surface area contributed by atoms with Gasteiger partial charge in [-0.1, -0.05) is 18.7 Å². The summed E-state index contributed by atoms with van der Waals surface area (Å²) in [5, 5.41) is 7.73. The predicted octanol–water partition coefficient (Wildman–Crippen LogP) is 3.47. The highest BCUT2D eigenvalue weighted by Crippen LogP contribution is 2.28. The van der Waals surface area contributed by atoms with Crippen LogP contribution in [0.2, 0.25) is 0 Å². The van der Waals surface area contributed by atoms with Crippen molar-refractivity contribution in [3.05, 3.63) is 53.9 Å². The van der Waals surface area contributed by atoms with Crippen molar-refractivity contribution in [2.75, 3.05) is 5.32 Å². The van der Waals surface area contributed by atoms with E-state index < -0.39 is 0 Å². The number of aryl methyl sites for hydroxylation is 1. The summed E-state index contributed by atoms with van der Waals surface area (Å²) in [4.78, 5) is 0. The van der Waals surface area contributed by atoms with Crippen LogP contribution in [0, 0.1) is 0 Å². The predicted molar refractivity (Wildman–Crippen MR) is 79.0 cm³/mol. The number of hydrogen-bond donors (Lipinski definition) is 1. The molecule has 1 N–H and O–H groups in total. The zero-order valence-electron chi connectivity index (χ0n) is 11.1. The van der Waals surface area contributed by atoms with E-state index in [0.29, 0.717) is 0 Å². The molecule has 19 heavy (non-hydrogen) atoms. The summed E-state index contributed by atoms with van der Waals surface area (Å²) in [5.41, 5.74) is 5.47. The smallest absolute Gasteiger partial charge is 0.0543 e. The van der Waals surface area contributed by atoms with Crippen LogP contribution in [-0.2, 0) is 19.4 Å². The molecule has 1 heterocycles. The molecule has 1 aliphatic carbocycles. The molecule has 3 rings (SSSR count). The fourth-order valence-electron chi connectivity index (χ4n) is 2.71. The zero-order chi connectivity index (χ0) is 13.1. The highest BCUT2D eigenvalue weighted by Gasteiger charge is 2.12. The minimum absolute atomic E-state index is 0.810. The lowest BCUT2D eigenvalue weighted by atomic mass is 9.90. The molecule has 0 unspecified atom stereocenters. The molecule has 0 aliphatic heterocycles. The van der Waals surface area contributed by atoms with Crippen LogP contribution < -0.4 is 5.32 Å². The van der Waals surface area contributed by atoms with Crippen LogP contribution in [0.3, 0.4) is 0 Å². The van der Waals surface area contributed by atoms with Crippen LogP contribution in [0.5, 0.6) is 0 Å². The van der Waals surface area contributed by atoms with Crippen molar-refractivity contribution >= 4 is 11.9 Å². The Kier molecular flexibility index (Phi) is 3.36. The molecule has 1 aromatic heterocycles. The van der Waals surface area contributed by atoms with Crippen molar-refractivity contribution in [2.45, 2.75) is 32.2 Å².